The number of hydrogen-bond acceptors (Lipinski definition) is 4. The average Bonchev–Trinajstić information content (AvgIpc) is 3.22. The molecule has 0 radical (unpaired) electrons. The lowest BCUT2D eigenvalue weighted by Crippen LogP contribution is -2.27. The summed E-state index contributed by atoms with van der Waals surface area (Å²) in [7, 11) is 1.35. The SMILES string of the molecule is C#CCCC(=O)n1cc(C2=CCN(Cc3ccccc3)CC2)c2ccc(C(=O)OC)cc21. The minimum Gasteiger partial charge on any atom is -0.465 e. The second-order valence-corrected chi connectivity index (χ2v) is 7.93. The van der Waals surface area contributed by atoms with E-state index in [-0.39, 0.29) is 12.3 Å². The highest BCUT2D eigenvalue weighted by molar-refractivity contribution is 6.03. The minimum atomic E-state index is -0.425. The summed E-state index contributed by atoms with van der Waals surface area (Å²) in [5.74, 6) is 2.02. The summed E-state index contributed by atoms with van der Waals surface area (Å²) < 4.78 is 6.49. The molecule has 0 N–H and O–H groups in total. The van der Waals surface area contributed by atoms with Crippen molar-refractivity contribution in [2.24, 2.45) is 0 Å². The molecule has 32 heavy (non-hydrogen) atoms. The molecule has 0 atom stereocenters. The fourth-order valence-corrected chi connectivity index (χ4v) is 4.17. The zero-order valence-corrected chi connectivity index (χ0v) is 18.2. The smallest absolute Gasteiger partial charge is 0.337 e. The van der Waals surface area contributed by atoms with Gasteiger partial charge in [-0.1, -0.05) is 42.5 Å². The second-order valence-electron chi connectivity index (χ2n) is 7.93. The Labute approximate surface area is 188 Å². The zero-order valence-electron chi connectivity index (χ0n) is 18.2. The van der Waals surface area contributed by atoms with Gasteiger partial charge in [0.05, 0.1) is 18.2 Å². The second kappa shape index (κ2) is 9.67. The lowest BCUT2D eigenvalue weighted by atomic mass is 9.98. The van der Waals surface area contributed by atoms with Gasteiger partial charge in [0.1, 0.15) is 0 Å². The number of fused-ring (bicyclic) bond motifs is 1. The third-order valence-electron chi connectivity index (χ3n) is 5.87. The number of terminal acetylenes is 1. The molecular formula is C27H26N2O3. The van der Waals surface area contributed by atoms with E-state index in [2.05, 4.69) is 41.2 Å². The Balaban J connectivity index is 1.65. The molecule has 4 rings (SSSR count). The van der Waals surface area contributed by atoms with Gasteiger partial charge in [-0.2, -0.15) is 0 Å². The quantitative estimate of drug-likeness (QED) is 0.421. The maximum atomic E-state index is 12.8. The minimum absolute atomic E-state index is 0.0803. The number of methoxy groups -OCH3 is 1. The summed E-state index contributed by atoms with van der Waals surface area (Å²) in [6, 6.07) is 15.8. The molecule has 2 heterocycles. The Morgan fingerprint density at radius 2 is 1.97 bits per heavy atom. The lowest BCUT2D eigenvalue weighted by molar-refractivity contribution is 0.0600. The highest BCUT2D eigenvalue weighted by Gasteiger charge is 2.20. The Morgan fingerprint density at radius 3 is 2.66 bits per heavy atom. The molecule has 0 amide bonds. The standard InChI is InChI=1S/C27H26N2O3/c1-3-4-10-26(30)29-19-24(23-12-11-22(17-25(23)29)27(31)32-2)21-13-15-28(16-14-21)18-20-8-6-5-7-9-20/h1,5-9,11-13,17,19H,4,10,14-16,18H2,2H3. The Morgan fingerprint density at radius 1 is 1.16 bits per heavy atom. The van der Waals surface area contributed by atoms with Crippen LogP contribution in [0.15, 0.2) is 60.8 Å². The van der Waals surface area contributed by atoms with Crippen molar-refractivity contribution in [2.75, 3.05) is 20.2 Å². The van der Waals surface area contributed by atoms with Crippen LogP contribution in [0.3, 0.4) is 0 Å². The van der Waals surface area contributed by atoms with Gasteiger partial charge in [-0.05, 0) is 29.7 Å². The molecule has 0 fully saturated rings. The zero-order chi connectivity index (χ0) is 22.5. The van der Waals surface area contributed by atoms with E-state index in [1.165, 1.54) is 18.2 Å². The van der Waals surface area contributed by atoms with E-state index in [0.29, 0.717) is 17.5 Å². The van der Waals surface area contributed by atoms with Gasteiger partial charge >= 0.3 is 5.97 Å². The molecule has 1 aliphatic rings. The van der Waals surface area contributed by atoms with Gasteiger partial charge in [0.2, 0.25) is 5.91 Å². The van der Waals surface area contributed by atoms with Gasteiger partial charge in [-0.25, -0.2) is 4.79 Å². The summed E-state index contributed by atoms with van der Waals surface area (Å²) in [4.78, 5) is 27.3. The molecule has 0 spiro atoms. The van der Waals surface area contributed by atoms with Crippen LogP contribution >= 0.6 is 0 Å². The van der Waals surface area contributed by atoms with Crippen LogP contribution in [0, 0.1) is 12.3 Å². The molecule has 5 heteroatoms. The first-order valence-electron chi connectivity index (χ1n) is 10.8. The first kappa shape index (κ1) is 21.6. The van der Waals surface area contributed by atoms with Gasteiger partial charge < -0.3 is 4.74 Å². The number of nitrogens with zero attached hydrogens (tertiary/aromatic N) is 2. The lowest BCUT2D eigenvalue weighted by Gasteiger charge is -2.26. The van der Waals surface area contributed by atoms with Gasteiger partial charge in [-0.3, -0.25) is 14.3 Å². The third kappa shape index (κ3) is 4.51. The molecule has 0 saturated heterocycles. The van der Waals surface area contributed by atoms with Gasteiger partial charge in [0.15, 0.2) is 0 Å². The van der Waals surface area contributed by atoms with Crippen molar-refractivity contribution in [2.45, 2.75) is 25.8 Å². The molecule has 5 nitrogen and oxygen atoms in total. The first-order valence-corrected chi connectivity index (χ1v) is 10.8. The summed E-state index contributed by atoms with van der Waals surface area (Å²) in [6.07, 6.45) is 11.0. The Bertz CT molecular complexity index is 1210. The fourth-order valence-electron chi connectivity index (χ4n) is 4.17. The molecule has 3 aromatic rings. The molecule has 0 unspecified atom stereocenters. The predicted octanol–water partition coefficient (Wildman–Crippen LogP) is 4.77. The molecule has 1 aromatic heterocycles. The van der Waals surface area contributed by atoms with Crippen LogP contribution in [0.4, 0.5) is 0 Å². The number of hydrogen-bond donors (Lipinski definition) is 0. The van der Waals surface area contributed by atoms with E-state index in [0.717, 1.165) is 37.0 Å². The number of aromatic nitrogens is 1. The monoisotopic (exact) mass is 426 g/mol. The van der Waals surface area contributed by atoms with E-state index in [1.807, 2.05) is 18.3 Å². The first-order chi connectivity index (χ1) is 15.6. The van der Waals surface area contributed by atoms with Crippen molar-refractivity contribution < 1.29 is 14.3 Å². The summed E-state index contributed by atoms with van der Waals surface area (Å²) >= 11 is 0. The number of carbonyl (C=O) groups excluding carboxylic acids is 2. The number of ether oxygens (including phenoxy) is 1. The van der Waals surface area contributed by atoms with Crippen LogP contribution in [-0.2, 0) is 11.3 Å². The van der Waals surface area contributed by atoms with Crippen LogP contribution in [0.25, 0.3) is 16.5 Å². The van der Waals surface area contributed by atoms with Crippen molar-refractivity contribution >= 4 is 28.4 Å². The summed E-state index contributed by atoms with van der Waals surface area (Å²) in [6.45, 7) is 2.71. The van der Waals surface area contributed by atoms with Crippen LogP contribution < -0.4 is 0 Å². The number of carbonyl (C=O) groups is 2. The molecule has 2 aromatic carbocycles. The highest BCUT2D eigenvalue weighted by atomic mass is 16.5. The van der Waals surface area contributed by atoms with Crippen molar-refractivity contribution in [1.29, 1.82) is 0 Å². The summed E-state index contributed by atoms with van der Waals surface area (Å²) in [5, 5.41) is 0.953. The Kier molecular flexibility index (Phi) is 6.53. The van der Waals surface area contributed by atoms with E-state index in [4.69, 9.17) is 11.2 Å². The normalized spacial score (nSPS) is 14.1. The molecule has 162 valence electrons. The van der Waals surface area contributed by atoms with Crippen molar-refractivity contribution in [3.63, 3.8) is 0 Å². The largest absolute Gasteiger partial charge is 0.465 e. The van der Waals surface area contributed by atoms with Crippen LogP contribution in [0.2, 0.25) is 0 Å². The third-order valence-corrected chi connectivity index (χ3v) is 5.87. The molecule has 0 aliphatic carbocycles. The maximum absolute atomic E-state index is 12.8. The molecule has 0 bridgehead atoms. The van der Waals surface area contributed by atoms with Gasteiger partial charge in [-0.15, -0.1) is 12.3 Å². The predicted molar refractivity (Wildman–Crippen MR) is 126 cm³/mol. The van der Waals surface area contributed by atoms with E-state index >= 15 is 0 Å². The van der Waals surface area contributed by atoms with Crippen molar-refractivity contribution in [1.82, 2.24) is 9.47 Å². The topological polar surface area (TPSA) is 51.5 Å². The average molecular weight is 427 g/mol. The van der Waals surface area contributed by atoms with Crippen LogP contribution in [0.5, 0.6) is 0 Å². The van der Waals surface area contributed by atoms with Gasteiger partial charge in [0, 0.05) is 49.6 Å². The van der Waals surface area contributed by atoms with E-state index in [9.17, 15) is 9.59 Å². The van der Waals surface area contributed by atoms with E-state index in [1.54, 1.807) is 16.7 Å². The molecule has 0 saturated carbocycles. The van der Waals surface area contributed by atoms with Crippen molar-refractivity contribution in [3.8, 4) is 12.3 Å². The number of benzene rings is 2. The molecule has 1 aliphatic heterocycles. The van der Waals surface area contributed by atoms with E-state index < -0.39 is 5.97 Å². The number of rotatable bonds is 6. The van der Waals surface area contributed by atoms with Crippen LogP contribution in [-0.4, -0.2) is 41.5 Å². The van der Waals surface area contributed by atoms with Crippen molar-refractivity contribution in [3.05, 3.63) is 77.5 Å². The highest BCUT2D eigenvalue weighted by Crippen LogP contribution is 2.32. The maximum Gasteiger partial charge on any atom is 0.337 e. The fraction of sp³-hybridized carbons (Fsp3) is 0.259. The summed E-state index contributed by atoms with van der Waals surface area (Å²) in [5.41, 5.74) is 4.67. The van der Waals surface area contributed by atoms with Gasteiger partial charge in [0.25, 0.3) is 0 Å². The number of esters is 1. The Hall–Kier alpha value is -3.62. The molecular weight excluding hydrogens is 400 g/mol. The van der Waals surface area contributed by atoms with Crippen LogP contribution in [0.1, 0.15) is 45.5 Å².